The Hall–Kier alpha value is -2.58. The van der Waals surface area contributed by atoms with Gasteiger partial charge in [0.05, 0.1) is 17.9 Å². The van der Waals surface area contributed by atoms with E-state index in [9.17, 15) is 18.0 Å². The number of pyridine rings is 1. The molecule has 0 aliphatic heterocycles. The number of ether oxygens (including phenoxy) is 1. The summed E-state index contributed by atoms with van der Waals surface area (Å²) in [6.45, 7) is 4.37. The fraction of sp³-hybridized carbons (Fsp3) is 0.471. The van der Waals surface area contributed by atoms with Gasteiger partial charge in [-0.2, -0.15) is 13.2 Å². The molecule has 0 bridgehead atoms. The first-order valence-electron chi connectivity index (χ1n) is 8.06. The van der Waals surface area contributed by atoms with Gasteiger partial charge in [0.15, 0.2) is 12.3 Å². The summed E-state index contributed by atoms with van der Waals surface area (Å²) in [5, 5.41) is 6.45. The van der Waals surface area contributed by atoms with Gasteiger partial charge in [-0.3, -0.25) is 9.78 Å². The van der Waals surface area contributed by atoms with Crippen LogP contribution in [0.5, 0.6) is 5.75 Å². The molecule has 0 saturated carbocycles. The van der Waals surface area contributed by atoms with Gasteiger partial charge in [0.25, 0.3) is 5.91 Å². The van der Waals surface area contributed by atoms with Crippen molar-refractivity contribution in [2.45, 2.75) is 39.4 Å². The van der Waals surface area contributed by atoms with Crippen LogP contribution in [0.15, 0.2) is 28.9 Å². The molecule has 2 aromatic rings. The van der Waals surface area contributed by atoms with Crippen LogP contribution >= 0.6 is 0 Å². The number of carbonyl (C=O) groups is 1. The van der Waals surface area contributed by atoms with Gasteiger partial charge in [0.2, 0.25) is 0 Å². The van der Waals surface area contributed by atoms with Crippen LogP contribution in [0.4, 0.5) is 13.2 Å². The Morgan fingerprint density at radius 2 is 2.04 bits per heavy atom. The molecule has 6 nitrogen and oxygen atoms in total. The van der Waals surface area contributed by atoms with Crippen LogP contribution in [-0.2, 0) is 6.42 Å². The lowest BCUT2D eigenvalue weighted by Gasteiger charge is -2.13. The Labute approximate surface area is 148 Å². The minimum Gasteiger partial charge on any atom is -0.483 e. The number of amides is 1. The molecule has 1 N–H and O–H groups in total. The average molecular weight is 371 g/mol. The van der Waals surface area contributed by atoms with Crippen molar-refractivity contribution in [1.29, 1.82) is 0 Å². The van der Waals surface area contributed by atoms with E-state index in [0.717, 1.165) is 0 Å². The first-order chi connectivity index (χ1) is 12.1. The highest BCUT2D eigenvalue weighted by molar-refractivity contribution is 5.92. The van der Waals surface area contributed by atoms with Crippen molar-refractivity contribution in [2.75, 3.05) is 6.61 Å². The van der Waals surface area contributed by atoms with E-state index < -0.39 is 24.7 Å². The second-order valence-corrected chi connectivity index (χ2v) is 6.29. The van der Waals surface area contributed by atoms with E-state index >= 15 is 0 Å². The van der Waals surface area contributed by atoms with E-state index in [1.54, 1.807) is 13.0 Å². The highest BCUT2D eigenvalue weighted by Gasteiger charge is 2.28. The SMILES string of the molecule is CC(C)Cc1cc(C(=O)NC(C)c2ccc(OCC(F)(F)F)cn2)no1. The average Bonchev–Trinajstić information content (AvgIpc) is 3.00. The molecule has 0 aliphatic carbocycles. The summed E-state index contributed by atoms with van der Waals surface area (Å²) >= 11 is 0. The molecule has 0 spiro atoms. The van der Waals surface area contributed by atoms with Gasteiger partial charge in [-0.25, -0.2) is 0 Å². The summed E-state index contributed by atoms with van der Waals surface area (Å²) in [5.41, 5.74) is 0.640. The summed E-state index contributed by atoms with van der Waals surface area (Å²) in [7, 11) is 0. The maximum Gasteiger partial charge on any atom is 0.422 e. The molecule has 1 atom stereocenters. The Morgan fingerprint density at radius 1 is 1.31 bits per heavy atom. The predicted molar refractivity (Wildman–Crippen MR) is 86.7 cm³/mol. The zero-order chi connectivity index (χ0) is 19.3. The number of nitrogens with one attached hydrogen (secondary N) is 1. The van der Waals surface area contributed by atoms with Gasteiger partial charge < -0.3 is 14.6 Å². The van der Waals surface area contributed by atoms with Crippen LogP contribution in [0.1, 0.15) is 48.8 Å². The number of hydrogen-bond donors (Lipinski definition) is 1. The van der Waals surface area contributed by atoms with Crippen molar-refractivity contribution in [3.8, 4) is 5.75 Å². The first-order valence-corrected chi connectivity index (χ1v) is 8.06. The molecule has 2 heterocycles. The topological polar surface area (TPSA) is 77.2 Å². The van der Waals surface area contributed by atoms with Gasteiger partial charge in [0.1, 0.15) is 11.5 Å². The van der Waals surface area contributed by atoms with Crippen LogP contribution in [-0.4, -0.2) is 28.8 Å². The number of rotatable bonds is 7. The van der Waals surface area contributed by atoms with E-state index in [1.807, 2.05) is 13.8 Å². The molecule has 9 heteroatoms. The van der Waals surface area contributed by atoms with Gasteiger partial charge >= 0.3 is 6.18 Å². The van der Waals surface area contributed by atoms with Gasteiger partial charge in [-0.1, -0.05) is 19.0 Å². The summed E-state index contributed by atoms with van der Waals surface area (Å²) in [6, 6.07) is 3.98. The van der Waals surface area contributed by atoms with Crippen molar-refractivity contribution in [2.24, 2.45) is 5.92 Å². The summed E-state index contributed by atoms with van der Waals surface area (Å²) < 4.78 is 46.1. The lowest BCUT2D eigenvalue weighted by molar-refractivity contribution is -0.153. The largest absolute Gasteiger partial charge is 0.483 e. The van der Waals surface area contributed by atoms with E-state index in [4.69, 9.17) is 4.52 Å². The quantitative estimate of drug-likeness (QED) is 0.803. The smallest absolute Gasteiger partial charge is 0.422 e. The molecular formula is C17H20F3N3O3. The minimum atomic E-state index is -4.41. The Balaban J connectivity index is 1.93. The van der Waals surface area contributed by atoms with Crippen LogP contribution in [0.3, 0.4) is 0 Å². The second kappa shape index (κ2) is 8.20. The van der Waals surface area contributed by atoms with Crippen molar-refractivity contribution < 1.29 is 27.2 Å². The number of carbonyl (C=O) groups excluding carboxylic acids is 1. The van der Waals surface area contributed by atoms with Crippen molar-refractivity contribution in [1.82, 2.24) is 15.5 Å². The molecule has 1 amide bonds. The zero-order valence-electron chi connectivity index (χ0n) is 14.6. The lowest BCUT2D eigenvalue weighted by atomic mass is 10.1. The van der Waals surface area contributed by atoms with Gasteiger partial charge in [-0.15, -0.1) is 0 Å². The zero-order valence-corrected chi connectivity index (χ0v) is 14.6. The lowest BCUT2D eigenvalue weighted by Crippen LogP contribution is -2.27. The Kier molecular flexibility index (Phi) is 6.23. The maximum absolute atomic E-state index is 12.2. The fourth-order valence-electron chi connectivity index (χ4n) is 2.16. The van der Waals surface area contributed by atoms with Crippen molar-refractivity contribution in [3.05, 3.63) is 41.5 Å². The molecule has 0 radical (unpaired) electrons. The van der Waals surface area contributed by atoms with Crippen LogP contribution in [0.25, 0.3) is 0 Å². The maximum atomic E-state index is 12.2. The number of hydrogen-bond acceptors (Lipinski definition) is 5. The van der Waals surface area contributed by atoms with E-state index in [2.05, 4.69) is 20.2 Å². The van der Waals surface area contributed by atoms with E-state index in [-0.39, 0.29) is 11.4 Å². The molecule has 142 valence electrons. The third kappa shape index (κ3) is 6.05. The number of halogens is 3. The van der Waals surface area contributed by atoms with Gasteiger partial charge in [0, 0.05) is 12.5 Å². The van der Waals surface area contributed by atoms with E-state index in [1.165, 1.54) is 18.3 Å². The molecule has 0 fully saturated rings. The van der Waals surface area contributed by atoms with E-state index in [0.29, 0.717) is 23.8 Å². The summed E-state index contributed by atoms with van der Waals surface area (Å²) in [6.07, 6.45) is -2.55. The van der Waals surface area contributed by atoms with Crippen molar-refractivity contribution in [3.63, 3.8) is 0 Å². The predicted octanol–water partition coefficient (Wildman–Crippen LogP) is 3.70. The summed E-state index contributed by atoms with van der Waals surface area (Å²) in [4.78, 5) is 16.2. The highest BCUT2D eigenvalue weighted by atomic mass is 19.4. The molecule has 0 aromatic carbocycles. The Morgan fingerprint density at radius 3 is 2.62 bits per heavy atom. The first kappa shape index (κ1) is 19.7. The third-order valence-electron chi connectivity index (χ3n) is 3.35. The molecule has 0 saturated heterocycles. The summed E-state index contributed by atoms with van der Waals surface area (Å²) in [5.74, 6) is 0.581. The molecule has 2 aromatic heterocycles. The molecular weight excluding hydrogens is 351 g/mol. The highest BCUT2D eigenvalue weighted by Crippen LogP contribution is 2.19. The number of nitrogens with zero attached hydrogens (tertiary/aromatic N) is 2. The molecule has 26 heavy (non-hydrogen) atoms. The monoisotopic (exact) mass is 371 g/mol. The minimum absolute atomic E-state index is 0.000528. The van der Waals surface area contributed by atoms with Crippen LogP contribution in [0, 0.1) is 5.92 Å². The molecule has 1 unspecified atom stereocenters. The molecule has 2 rings (SSSR count). The fourth-order valence-corrected chi connectivity index (χ4v) is 2.16. The standard InChI is InChI=1S/C17H20F3N3O3/c1-10(2)6-13-7-15(23-26-13)16(24)22-11(3)14-5-4-12(8-21-14)25-9-17(18,19)20/h4-5,7-8,10-11H,6,9H2,1-3H3,(H,22,24). The van der Waals surface area contributed by atoms with Crippen LogP contribution < -0.4 is 10.1 Å². The third-order valence-corrected chi connectivity index (χ3v) is 3.35. The second-order valence-electron chi connectivity index (χ2n) is 6.29. The van der Waals surface area contributed by atoms with Crippen LogP contribution in [0.2, 0.25) is 0 Å². The Bertz CT molecular complexity index is 727. The van der Waals surface area contributed by atoms with Gasteiger partial charge in [-0.05, 0) is 25.0 Å². The van der Waals surface area contributed by atoms with Crippen molar-refractivity contribution >= 4 is 5.91 Å². The number of alkyl halides is 3. The number of aromatic nitrogens is 2. The molecule has 0 aliphatic rings. The normalized spacial score (nSPS) is 12.9.